The van der Waals surface area contributed by atoms with Gasteiger partial charge in [-0.25, -0.2) is 8.78 Å². The summed E-state index contributed by atoms with van der Waals surface area (Å²) in [4.78, 5) is 12.0. The molecular formula is C17H10F2N4OS2. The van der Waals surface area contributed by atoms with Crippen LogP contribution in [0, 0.1) is 23.0 Å². The number of anilines is 1. The van der Waals surface area contributed by atoms with Crippen molar-refractivity contribution in [1.82, 2.24) is 10.2 Å². The first-order valence-electron chi connectivity index (χ1n) is 7.27. The van der Waals surface area contributed by atoms with Crippen LogP contribution in [-0.2, 0) is 5.75 Å². The quantitative estimate of drug-likeness (QED) is 0.523. The van der Waals surface area contributed by atoms with E-state index in [-0.39, 0.29) is 5.13 Å². The molecule has 0 saturated heterocycles. The maximum atomic E-state index is 13.6. The molecule has 1 N–H and O–H groups in total. The molecule has 0 aliphatic heterocycles. The van der Waals surface area contributed by atoms with Crippen molar-refractivity contribution in [3.8, 4) is 6.07 Å². The third-order valence-corrected chi connectivity index (χ3v) is 5.31. The zero-order valence-corrected chi connectivity index (χ0v) is 14.7. The van der Waals surface area contributed by atoms with Crippen molar-refractivity contribution >= 4 is 34.1 Å². The lowest BCUT2D eigenvalue weighted by Crippen LogP contribution is -2.15. The summed E-state index contributed by atoms with van der Waals surface area (Å²) < 4.78 is 27.8. The molecule has 0 fully saturated rings. The first kappa shape index (κ1) is 18.0. The molecule has 2 aromatic carbocycles. The van der Waals surface area contributed by atoms with Crippen LogP contribution in [0.15, 0.2) is 46.8 Å². The summed E-state index contributed by atoms with van der Waals surface area (Å²) in [5.74, 6) is -2.19. The number of carbonyl (C=O) groups excluding carboxylic acids is 1. The third kappa shape index (κ3) is 4.22. The second-order valence-electron chi connectivity index (χ2n) is 5.02. The average Bonchev–Trinajstić information content (AvgIpc) is 3.07. The Labute approximate surface area is 155 Å². The first-order valence-corrected chi connectivity index (χ1v) is 9.07. The first-order chi connectivity index (χ1) is 12.6. The maximum absolute atomic E-state index is 13.6. The van der Waals surface area contributed by atoms with E-state index in [1.807, 2.05) is 12.1 Å². The highest BCUT2D eigenvalue weighted by molar-refractivity contribution is 8.00. The smallest absolute Gasteiger partial charge is 0.263 e. The number of amides is 1. The van der Waals surface area contributed by atoms with Crippen molar-refractivity contribution in [1.29, 1.82) is 5.26 Å². The summed E-state index contributed by atoms with van der Waals surface area (Å²) in [6.45, 7) is 0. The number of nitrogens with one attached hydrogen (secondary N) is 1. The molecule has 1 heterocycles. The van der Waals surface area contributed by atoms with Crippen LogP contribution in [-0.4, -0.2) is 16.1 Å². The van der Waals surface area contributed by atoms with E-state index < -0.39 is 23.1 Å². The van der Waals surface area contributed by atoms with E-state index in [1.165, 1.54) is 17.8 Å². The zero-order chi connectivity index (χ0) is 18.5. The maximum Gasteiger partial charge on any atom is 0.263 e. The number of nitrogens with zero attached hydrogens (tertiary/aromatic N) is 3. The molecule has 3 aromatic rings. The van der Waals surface area contributed by atoms with Crippen LogP contribution in [0.2, 0.25) is 0 Å². The minimum Gasteiger partial charge on any atom is -0.296 e. The lowest BCUT2D eigenvalue weighted by Gasteiger charge is -2.03. The molecule has 1 amide bonds. The SMILES string of the molecule is N#Cc1ccc(CSc2nnc(NC(=O)c3c(F)cccc3F)s2)cc1. The fraction of sp³-hybridized carbons (Fsp3) is 0.0588. The molecule has 26 heavy (non-hydrogen) atoms. The number of aromatic nitrogens is 2. The Morgan fingerprint density at radius 1 is 1.15 bits per heavy atom. The van der Waals surface area contributed by atoms with Gasteiger partial charge < -0.3 is 0 Å². The van der Waals surface area contributed by atoms with E-state index >= 15 is 0 Å². The largest absolute Gasteiger partial charge is 0.296 e. The molecule has 0 unspecified atom stereocenters. The fourth-order valence-electron chi connectivity index (χ4n) is 2.01. The van der Waals surface area contributed by atoms with Gasteiger partial charge in [0.1, 0.15) is 17.2 Å². The molecule has 0 saturated carbocycles. The Kier molecular flexibility index (Phi) is 5.55. The van der Waals surface area contributed by atoms with Crippen molar-refractivity contribution in [2.24, 2.45) is 0 Å². The van der Waals surface area contributed by atoms with Crippen LogP contribution in [0.4, 0.5) is 13.9 Å². The van der Waals surface area contributed by atoms with Gasteiger partial charge in [0.05, 0.1) is 11.6 Å². The number of rotatable bonds is 5. The van der Waals surface area contributed by atoms with E-state index in [4.69, 9.17) is 5.26 Å². The zero-order valence-electron chi connectivity index (χ0n) is 13.1. The predicted molar refractivity (Wildman–Crippen MR) is 94.9 cm³/mol. The Bertz CT molecular complexity index is 963. The van der Waals surface area contributed by atoms with Crippen LogP contribution in [0.25, 0.3) is 0 Å². The third-order valence-electron chi connectivity index (χ3n) is 3.26. The van der Waals surface area contributed by atoms with Gasteiger partial charge in [-0.1, -0.05) is 41.3 Å². The van der Waals surface area contributed by atoms with Gasteiger partial charge in [0.2, 0.25) is 5.13 Å². The molecule has 0 spiro atoms. The van der Waals surface area contributed by atoms with Crippen molar-refractivity contribution in [2.75, 3.05) is 5.32 Å². The minimum atomic E-state index is -0.942. The van der Waals surface area contributed by atoms with Gasteiger partial charge in [-0.05, 0) is 29.8 Å². The van der Waals surface area contributed by atoms with Crippen LogP contribution < -0.4 is 5.32 Å². The van der Waals surface area contributed by atoms with Gasteiger partial charge in [0.15, 0.2) is 4.34 Å². The van der Waals surface area contributed by atoms with E-state index in [2.05, 4.69) is 21.6 Å². The number of thioether (sulfide) groups is 1. The number of hydrogen-bond donors (Lipinski definition) is 1. The standard InChI is InChI=1S/C17H10F2N4OS2/c18-12-2-1-3-13(19)14(12)15(24)21-16-22-23-17(26-16)25-9-11-6-4-10(8-20)5-7-11/h1-7H,9H2,(H,21,22,24). The Morgan fingerprint density at radius 3 is 2.50 bits per heavy atom. The molecule has 9 heteroatoms. The fourth-order valence-corrected chi connectivity index (χ4v) is 3.72. The van der Waals surface area contributed by atoms with E-state index in [0.717, 1.165) is 29.0 Å². The molecule has 3 rings (SSSR count). The van der Waals surface area contributed by atoms with Crippen LogP contribution in [0.3, 0.4) is 0 Å². The second-order valence-corrected chi connectivity index (χ2v) is 7.22. The van der Waals surface area contributed by atoms with Gasteiger partial charge in [0.25, 0.3) is 5.91 Å². The summed E-state index contributed by atoms with van der Waals surface area (Å²) >= 11 is 2.51. The van der Waals surface area contributed by atoms with Crippen LogP contribution in [0.1, 0.15) is 21.5 Å². The Morgan fingerprint density at radius 2 is 1.85 bits per heavy atom. The van der Waals surface area contributed by atoms with Gasteiger partial charge in [0, 0.05) is 5.75 Å². The van der Waals surface area contributed by atoms with Gasteiger partial charge in [-0.2, -0.15) is 5.26 Å². The predicted octanol–water partition coefficient (Wildman–Crippen LogP) is 4.23. The molecular weight excluding hydrogens is 378 g/mol. The summed E-state index contributed by atoms with van der Waals surface area (Å²) in [7, 11) is 0. The number of nitriles is 1. The lowest BCUT2D eigenvalue weighted by atomic mass is 10.2. The normalized spacial score (nSPS) is 10.3. The van der Waals surface area contributed by atoms with Crippen LogP contribution in [0.5, 0.6) is 0 Å². The molecule has 1 aromatic heterocycles. The highest BCUT2D eigenvalue weighted by atomic mass is 32.2. The lowest BCUT2D eigenvalue weighted by molar-refractivity contribution is 0.101. The molecule has 0 radical (unpaired) electrons. The Balaban J connectivity index is 1.62. The number of benzene rings is 2. The highest BCUT2D eigenvalue weighted by Gasteiger charge is 2.18. The Hall–Kier alpha value is -2.83. The molecule has 0 bridgehead atoms. The van der Waals surface area contributed by atoms with Crippen LogP contribution >= 0.6 is 23.1 Å². The van der Waals surface area contributed by atoms with Crippen molar-refractivity contribution < 1.29 is 13.6 Å². The number of halogens is 2. The highest BCUT2D eigenvalue weighted by Crippen LogP contribution is 2.28. The van der Waals surface area contributed by atoms with E-state index in [0.29, 0.717) is 15.7 Å². The second kappa shape index (κ2) is 8.03. The summed E-state index contributed by atoms with van der Waals surface area (Å²) in [6.07, 6.45) is 0. The summed E-state index contributed by atoms with van der Waals surface area (Å²) in [5, 5.41) is 19.0. The van der Waals surface area contributed by atoms with E-state index in [1.54, 1.807) is 12.1 Å². The number of carbonyl (C=O) groups is 1. The topological polar surface area (TPSA) is 78.7 Å². The average molecular weight is 388 g/mol. The van der Waals surface area contributed by atoms with Gasteiger partial charge >= 0.3 is 0 Å². The summed E-state index contributed by atoms with van der Waals surface area (Å²) in [5.41, 5.74) is 0.928. The molecule has 0 atom stereocenters. The monoisotopic (exact) mass is 388 g/mol. The van der Waals surface area contributed by atoms with Gasteiger partial charge in [-0.3, -0.25) is 10.1 Å². The van der Waals surface area contributed by atoms with E-state index in [9.17, 15) is 13.6 Å². The molecule has 0 aliphatic carbocycles. The minimum absolute atomic E-state index is 0.153. The summed E-state index contributed by atoms with van der Waals surface area (Å²) in [6, 6.07) is 12.4. The van der Waals surface area contributed by atoms with Crippen molar-refractivity contribution in [2.45, 2.75) is 10.1 Å². The number of hydrogen-bond acceptors (Lipinski definition) is 6. The molecule has 5 nitrogen and oxygen atoms in total. The molecule has 0 aliphatic rings. The van der Waals surface area contributed by atoms with Crippen molar-refractivity contribution in [3.05, 3.63) is 70.8 Å². The molecule has 130 valence electrons. The van der Waals surface area contributed by atoms with Gasteiger partial charge in [-0.15, -0.1) is 10.2 Å². The van der Waals surface area contributed by atoms with Crippen molar-refractivity contribution in [3.63, 3.8) is 0 Å².